The molecule has 0 aromatic heterocycles. The fourth-order valence-corrected chi connectivity index (χ4v) is 9.06. The Morgan fingerprint density at radius 3 is 1.13 bits per heavy atom. The summed E-state index contributed by atoms with van der Waals surface area (Å²) in [5.74, 6) is -0.277. The number of ether oxygens (including phenoxy) is 2. The van der Waals surface area contributed by atoms with Crippen LogP contribution in [0.1, 0.15) is 278 Å². The minimum absolute atomic E-state index is 0.0152. The van der Waals surface area contributed by atoms with Gasteiger partial charge in [0.05, 0.1) is 19.1 Å². The number of unbranched alkanes of at least 4 members (excludes halogenated alkanes) is 35. The number of esters is 1. The molecule has 61 heavy (non-hydrogen) atoms. The molecule has 0 radical (unpaired) electrons. The fourth-order valence-electron chi connectivity index (χ4n) is 8.31. The number of hydrogen-bond acceptors (Lipinski definition) is 7. The molecule has 8 nitrogen and oxygen atoms in total. The van der Waals surface area contributed by atoms with Crippen LogP contribution in [0, 0.1) is 5.92 Å². The molecule has 0 saturated heterocycles. The number of nitrogens with one attached hydrogen (secondary N) is 1. The van der Waals surface area contributed by atoms with E-state index in [0.717, 1.165) is 51.4 Å². The molecular weight excluding hydrogens is 782 g/mol. The minimum atomic E-state index is -4.25. The topological polar surface area (TPSA) is 103 Å². The largest absolute Gasteiger partial charge is 0.472 e. The number of carbonyl (C=O) groups excluding carboxylic acids is 1. The Balaban J connectivity index is 4.88. The molecule has 0 aromatic rings. The van der Waals surface area contributed by atoms with E-state index in [-0.39, 0.29) is 31.7 Å². The summed E-state index contributed by atoms with van der Waals surface area (Å²) in [4.78, 5) is 23.9. The van der Waals surface area contributed by atoms with Gasteiger partial charge in [0.25, 0.3) is 0 Å². The van der Waals surface area contributed by atoms with Gasteiger partial charge in [-0.15, -0.1) is 0 Å². The van der Waals surface area contributed by atoms with Crippen LogP contribution in [0.4, 0.5) is 0 Å². The highest BCUT2D eigenvalue weighted by molar-refractivity contribution is 7.47. The van der Waals surface area contributed by atoms with Gasteiger partial charge in [-0.1, -0.05) is 258 Å². The van der Waals surface area contributed by atoms with Gasteiger partial charge in [0, 0.05) is 13.2 Å². The Morgan fingerprint density at radius 2 is 0.787 bits per heavy atom. The molecule has 0 amide bonds. The van der Waals surface area contributed by atoms with Crippen LogP contribution in [-0.2, 0) is 27.9 Å². The van der Waals surface area contributed by atoms with Crippen LogP contribution < -0.4 is 5.32 Å². The number of carbonyl (C=O) groups is 1. The van der Waals surface area contributed by atoms with Crippen molar-refractivity contribution in [2.75, 3.05) is 40.0 Å². The Kier molecular flexibility index (Phi) is 48.5. The summed E-state index contributed by atoms with van der Waals surface area (Å²) in [5.41, 5.74) is 0. The van der Waals surface area contributed by atoms with Crippen LogP contribution in [0.15, 0.2) is 0 Å². The third-order valence-corrected chi connectivity index (χ3v) is 13.4. The second kappa shape index (κ2) is 48.9. The second-order valence-corrected chi connectivity index (χ2v) is 19.9. The first-order chi connectivity index (χ1) is 29.9. The van der Waals surface area contributed by atoms with Crippen molar-refractivity contribution in [3.63, 3.8) is 0 Å². The molecule has 0 bridgehead atoms. The highest BCUT2D eigenvalue weighted by Gasteiger charge is 2.26. The molecule has 0 aliphatic heterocycles. The zero-order chi connectivity index (χ0) is 44.6. The lowest BCUT2D eigenvalue weighted by Gasteiger charge is -2.22. The number of rotatable bonds is 52. The van der Waals surface area contributed by atoms with Crippen molar-refractivity contribution in [3.8, 4) is 0 Å². The monoisotopic (exact) mass is 888 g/mol. The van der Waals surface area contributed by atoms with Gasteiger partial charge in [0.15, 0.2) is 0 Å². The van der Waals surface area contributed by atoms with Gasteiger partial charge in [-0.25, -0.2) is 4.57 Å². The third kappa shape index (κ3) is 45.9. The average Bonchev–Trinajstić information content (AvgIpc) is 3.25. The van der Waals surface area contributed by atoms with E-state index in [1.807, 2.05) is 0 Å². The van der Waals surface area contributed by atoms with Crippen molar-refractivity contribution in [2.45, 2.75) is 284 Å². The maximum atomic E-state index is 13.6. The Hall–Kier alpha value is -0.500. The molecular formula is C52H106NO7P. The number of phosphoric ester groups is 1. The van der Waals surface area contributed by atoms with E-state index >= 15 is 0 Å². The molecule has 0 aromatic carbocycles. The lowest BCUT2D eigenvalue weighted by Crippen LogP contribution is -2.29. The second-order valence-electron chi connectivity index (χ2n) is 18.5. The molecule has 0 rings (SSSR count). The fraction of sp³-hybridized carbons (Fsp3) is 0.981. The van der Waals surface area contributed by atoms with E-state index in [1.54, 1.807) is 7.05 Å². The zero-order valence-electron chi connectivity index (χ0n) is 41.3. The number of phosphoric acid groups is 1. The van der Waals surface area contributed by atoms with Crippen LogP contribution in [0.25, 0.3) is 0 Å². The molecule has 0 heterocycles. The number of hydrogen-bond donors (Lipinski definition) is 2. The quantitative estimate of drug-likeness (QED) is 0.0354. The first kappa shape index (κ1) is 60.5. The van der Waals surface area contributed by atoms with E-state index in [4.69, 9.17) is 18.5 Å². The summed E-state index contributed by atoms with van der Waals surface area (Å²) in [6.07, 6.45) is 50.3. The molecule has 2 N–H and O–H groups in total. The highest BCUT2D eigenvalue weighted by Crippen LogP contribution is 2.43. The van der Waals surface area contributed by atoms with E-state index in [1.165, 1.54) is 205 Å². The molecule has 0 aliphatic rings. The molecule has 9 heteroatoms. The summed E-state index contributed by atoms with van der Waals surface area (Å²) in [6, 6.07) is 0. The van der Waals surface area contributed by atoms with Gasteiger partial charge in [0.2, 0.25) is 0 Å². The lowest BCUT2D eigenvalue weighted by atomic mass is 9.94. The molecule has 2 atom stereocenters. The van der Waals surface area contributed by atoms with Gasteiger partial charge in [0.1, 0.15) is 12.7 Å². The van der Waals surface area contributed by atoms with Gasteiger partial charge in [-0.3, -0.25) is 13.8 Å². The van der Waals surface area contributed by atoms with E-state index < -0.39 is 13.9 Å². The van der Waals surface area contributed by atoms with Crippen molar-refractivity contribution in [1.82, 2.24) is 5.32 Å². The normalized spacial score (nSPS) is 13.3. The molecule has 0 aliphatic carbocycles. The van der Waals surface area contributed by atoms with Crippen LogP contribution in [-0.4, -0.2) is 57.0 Å². The molecule has 366 valence electrons. The summed E-state index contributed by atoms with van der Waals surface area (Å²) < 4.78 is 35.1. The summed E-state index contributed by atoms with van der Waals surface area (Å²) in [6.45, 7) is 7.67. The third-order valence-electron chi connectivity index (χ3n) is 12.4. The summed E-state index contributed by atoms with van der Waals surface area (Å²) in [7, 11) is -2.50. The van der Waals surface area contributed by atoms with Crippen molar-refractivity contribution in [2.24, 2.45) is 5.92 Å². The van der Waals surface area contributed by atoms with E-state index in [9.17, 15) is 14.3 Å². The van der Waals surface area contributed by atoms with Crippen LogP contribution in [0.2, 0.25) is 0 Å². The standard InChI is InChI=1S/C52H106NO7P/c1-5-8-11-14-17-20-23-26-27-30-33-36-39-42-46-57-51(49-60-61(55,56)59-47-45-53-4)48-58-52(54)50(43-40-37-34-31-28-24-21-18-15-12-9-6-2)44-41-38-35-32-29-25-22-19-16-13-10-7-3/h50-51,53H,5-49H2,1-4H3,(H,55,56)/t51-/m0/s1. The summed E-state index contributed by atoms with van der Waals surface area (Å²) >= 11 is 0. The van der Waals surface area contributed by atoms with E-state index in [2.05, 4.69) is 26.1 Å². The van der Waals surface area contributed by atoms with Crippen molar-refractivity contribution < 1.29 is 32.8 Å². The van der Waals surface area contributed by atoms with Gasteiger partial charge in [-0.2, -0.15) is 0 Å². The zero-order valence-corrected chi connectivity index (χ0v) is 42.2. The van der Waals surface area contributed by atoms with Crippen molar-refractivity contribution in [1.29, 1.82) is 0 Å². The highest BCUT2D eigenvalue weighted by atomic mass is 31.2. The van der Waals surface area contributed by atoms with Crippen LogP contribution in [0.3, 0.4) is 0 Å². The minimum Gasteiger partial charge on any atom is -0.463 e. The first-order valence-corrected chi connectivity index (χ1v) is 28.4. The maximum absolute atomic E-state index is 13.6. The van der Waals surface area contributed by atoms with E-state index in [0.29, 0.717) is 13.2 Å². The SMILES string of the molecule is CCCCCCCCCCCCCCCCO[C@@H](COC(=O)C(CCCCCCCCCCCCCC)CCCCCCCCCCCCCC)COP(=O)(O)OCCNC. The Morgan fingerprint density at radius 1 is 0.459 bits per heavy atom. The lowest BCUT2D eigenvalue weighted by molar-refractivity contribution is -0.154. The molecule has 0 fully saturated rings. The van der Waals surface area contributed by atoms with Crippen molar-refractivity contribution >= 4 is 13.8 Å². The number of likely N-dealkylation sites (N-methyl/N-ethyl adjacent to an activating group) is 1. The van der Waals surface area contributed by atoms with Crippen LogP contribution in [0.5, 0.6) is 0 Å². The van der Waals surface area contributed by atoms with Crippen molar-refractivity contribution in [3.05, 3.63) is 0 Å². The van der Waals surface area contributed by atoms with Gasteiger partial charge < -0.3 is 19.7 Å². The molecule has 0 saturated carbocycles. The van der Waals surface area contributed by atoms with Crippen LogP contribution >= 0.6 is 7.82 Å². The molecule has 1 unspecified atom stereocenters. The Bertz CT molecular complexity index is 896. The predicted octanol–water partition coefficient (Wildman–Crippen LogP) is 16.5. The van der Waals surface area contributed by atoms with Gasteiger partial charge >= 0.3 is 13.8 Å². The Labute approximate surface area is 380 Å². The molecule has 0 spiro atoms. The first-order valence-electron chi connectivity index (χ1n) is 26.9. The predicted molar refractivity (Wildman–Crippen MR) is 262 cm³/mol. The summed E-state index contributed by atoms with van der Waals surface area (Å²) in [5, 5.41) is 2.90. The van der Waals surface area contributed by atoms with Gasteiger partial charge in [-0.05, 0) is 26.3 Å². The smallest absolute Gasteiger partial charge is 0.463 e. The average molecular weight is 888 g/mol. The maximum Gasteiger partial charge on any atom is 0.472 e.